The fourth-order valence-electron chi connectivity index (χ4n) is 7.45. The van der Waals surface area contributed by atoms with Crippen LogP contribution in [0.4, 0.5) is 0 Å². The van der Waals surface area contributed by atoms with E-state index in [-0.39, 0.29) is 28.7 Å². The third-order valence-corrected chi connectivity index (χ3v) is 9.47. The van der Waals surface area contributed by atoms with E-state index in [1.54, 1.807) is 0 Å². The van der Waals surface area contributed by atoms with Gasteiger partial charge in [-0.3, -0.25) is 9.80 Å². The topological polar surface area (TPSA) is 46.9 Å². The lowest BCUT2D eigenvalue weighted by Crippen LogP contribution is -2.55. The van der Waals surface area contributed by atoms with Gasteiger partial charge in [-0.25, -0.2) is 0 Å². The number of aliphatic hydroxyl groups is 2. The van der Waals surface area contributed by atoms with Crippen molar-refractivity contribution in [3.63, 3.8) is 0 Å². The molecular weight excluding hydrogens is 360 g/mol. The second-order valence-electron chi connectivity index (χ2n) is 12.9. The molecule has 4 nitrogen and oxygen atoms in total. The molecule has 0 bridgehead atoms. The van der Waals surface area contributed by atoms with Gasteiger partial charge in [0.15, 0.2) is 0 Å². The smallest absolute Gasteiger partial charge is 0.0600 e. The molecule has 4 heteroatoms. The molecule has 0 amide bonds. The van der Waals surface area contributed by atoms with Crippen LogP contribution in [0.15, 0.2) is 0 Å². The minimum atomic E-state index is -0.105. The maximum atomic E-state index is 11.0. The Labute approximate surface area is 179 Å². The van der Waals surface area contributed by atoms with E-state index in [4.69, 9.17) is 0 Å². The maximum absolute atomic E-state index is 11.0. The van der Waals surface area contributed by atoms with Crippen LogP contribution in [0.3, 0.4) is 0 Å². The fraction of sp³-hybridized carbons (Fsp3) is 1.00. The van der Waals surface area contributed by atoms with Gasteiger partial charge in [-0.05, 0) is 135 Å². The summed E-state index contributed by atoms with van der Waals surface area (Å²) in [5.74, 6) is 0.655. The second-order valence-corrected chi connectivity index (χ2v) is 12.9. The summed E-state index contributed by atoms with van der Waals surface area (Å²) in [6.45, 7) is 16.4. The molecule has 2 aliphatic carbocycles. The molecule has 2 saturated carbocycles. The minimum absolute atomic E-state index is 0.0320. The standard InChI is InChI=1S/C25H46N2O2/c1-22(2,3)26-12-8-25(9-13-26)16-19(14-21(25)29)15-23(4,5)27-10-6-24(7-11-27)17-20(28)18-24/h19-21,28-29H,6-18H2,1-5H3. The van der Waals surface area contributed by atoms with Crippen LogP contribution in [0.2, 0.25) is 0 Å². The molecule has 4 rings (SSSR count). The molecule has 2 aliphatic heterocycles. The van der Waals surface area contributed by atoms with Crippen molar-refractivity contribution >= 4 is 0 Å². The highest BCUT2D eigenvalue weighted by molar-refractivity contribution is 5.03. The number of likely N-dealkylation sites (tertiary alicyclic amines) is 2. The monoisotopic (exact) mass is 406 g/mol. The lowest BCUT2D eigenvalue weighted by molar-refractivity contribution is -0.0834. The van der Waals surface area contributed by atoms with Crippen LogP contribution in [-0.2, 0) is 0 Å². The fourth-order valence-corrected chi connectivity index (χ4v) is 7.45. The van der Waals surface area contributed by atoms with Crippen molar-refractivity contribution in [2.24, 2.45) is 16.7 Å². The Morgan fingerprint density at radius 1 is 0.793 bits per heavy atom. The number of hydrogen-bond acceptors (Lipinski definition) is 4. The lowest BCUT2D eigenvalue weighted by atomic mass is 9.61. The van der Waals surface area contributed by atoms with Gasteiger partial charge in [0.25, 0.3) is 0 Å². The van der Waals surface area contributed by atoms with Crippen LogP contribution < -0.4 is 0 Å². The molecule has 2 N–H and O–H groups in total. The second kappa shape index (κ2) is 7.46. The molecule has 0 aromatic rings. The summed E-state index contributed by atoms with van der Waals surface area (Å²) in [6.07, 6.45) is 10.2. The van der Waals surface area contributed by atoms with Gasteiger partial charge in [0.2, 0.25) is 0 Å². The summed E-state index contributed by atoms with van der Waals surface area (Å²) in [6, 6.07) is 0. The van der Waals surface area contributed by atoms with Gasteiger partial charge in [-0.15, -0.1) is 0 Å². The van der Waals surface area contributed by atoms with E-state index in [0.717, 1.165) is 45.2 Å². The average Bonchev–Trinajstić information content (AvgIpc) is 2.88. The van der Waals surface area contributed by atoms with E-state index >= 15 is 0 Å². The Morgan fingerprint density at radius 3 is 1.86 bits per heavy atom. The summed E-state index contributed by atoms with van der Waals surface area (Å²) in [5, 5.41) is 20.8. The Balaban J connectivity index is 1.31. The molecule has 29 heavy (non-hydrogen) atoms. The highest BCUT2D eigenvalue weighted by Crippen LogP contribution is 2.53. The van der Waals surface area contributed by atoms with E-state index in [9.17, 15) is 10.2 Å². The molecule has 0 aromatic carbocycles. The number of aliphatic hydroxyl groups excluding tert-OH is 2. The van der Waals surface area contributed by atoms with Crippen LogP contribution in [0.5, 0.6) is 0 Å². The highest BCUT2D eigenvalue weighted by Gasteiger charge is 2.51. The van der Waals surface area contributed by atoms with E-state index in [0.29, 0.717) is 11.3 Å². The number of hydrogen-bond donors (Lipinski definition) is 2. The summed E-state index contributed by atoms with van der Waals surface area (Å²) in [7, 11) is 0. The van der Waals surface area contributed by atoms with Gasteiger partial charge in [-0.2, -0.15) is 0 Å². The van der Waals surface area contributed by atoms with E-state index < -0.39 is 0 Å². The molecule has 2 atom stereocenters. The molecule has 168 valence electrons. The van der Waals surface area contributed by atoms with Crippen molar-refractivity contribution in [3.8, 4) is 0 Å². The third-order valence-electron chi connectivity index (χ3n) is 9.47. The molecule has 2 saturated heterocycles. The molecule has 0 radical (unpaired) electrons. The Hall–Kier alpha value is -0.160. The zero-order valence-corrected chi connectivity index (χ0v) is 19.7. The van der Waals surface area contributed by atoms with Crippen LogP contribution in [0, 0.1) is 16.7 Å². The normalized spacial score (nSPS) is 34.0. The zero-order valence-electron chi connectivity index (χ0n) is 19.7. The summed E-state index contributed by atoms with van der Waals surface area (Å²) < 4.78 is 0. The van der Waals surface area contributed by atoms with Crippen molar-refractivity contribution in [2.75, 3.05) is 26.2 Å². The average molecular weight is 407 g/mol. The van der Waals surface area contributed by atoms with Crippen LogP contribution in [0.25, 0.3) is 0 Å². The van der Waals surface area contributed by atoms with Crippen molar-refractivity contribution < 1.29 is 10.2 Å². The Kier molecular flexibility index (Phi) is 5.67. The van der Waals surface area contributed by atoms with Crippen molar-refractivity contribution in [1.82, 2.24) is 9.80 Å². The maximum Gasteiger partial charge on any atom is 0.0600 e. The van der Waals surface area contributed by atoms with Crippen molar-refractivity contribution in [2.45, 2.75) is 116 Å². The van der Waals surface area contributed by atoms with Gasteiger partial charge in [0.1, 0.15) is 0 Å². The van der Waals surface area contributed by atoms with Gasteiger partial charge in [-0.1, -0.05) is 0 Å². The number of piperidine rings is 2. The first-order chi connectivity index (χ1) is 13.4. The summed E-state index contributed by atoms with van der Waals surface area (Å²) in [4.78, 5) is 5.31. The quantitative estimate of drug-likeness (QED) is 0.742. The van der Waals surface area contributed by atoms with Gasteiger partial charge in [0, 0.05) is 11.1 Å². The lowest BCUT2D eigenvalue weighted by Gasteiger charge is -2.53. The summed E-state index contributed by atoms with van der Waals surface area (Å²) >= 11 is 0. The molecule has 2 heterocycles. The Bertz CT molecular complexity index is 572. The molecule has 0 aromatic heterocycles. The number of nitrogens with zero attached hydrogens (tertiary/aromatic N) is 2. The zero-order chi connectivity index (χ0) is 21.1. The predicted octanol–water partition coefficient (Wildman–Crippen LogP) is 4.04. The minimum Gasteiger partial charge on any atom is -0.393 e. The van der Waals surface area contributed by atoms with Gasteiger partial charge >= 0.3 is 0 Å². The number of rotatable bonds is 3. The van der Waals surface area contributed by atoms with E-state index in [1.165, 1.54) is 38.8 Å². The Morgan fingerprint density at radius 2 is 1.34 bits per heavy atom. The van der Waals surface area contributed by atoms with Gasteiger partial charge < -0.3 is 10.2 Å². The largest absolute Gasteiger partial charge is 0.393 e. The van der Waals surface area contributed by atoms with Crippen LogP contribution in [0.1, 0.15) is 92.4 Å². The van der Waals surface area contributed by atoms with Crippen molar-refractivity contribution in [3.05, 3.63) is 0 Å². The van der Waals surface area contributed by atoms with Crippen LogP contribution in [-0.4, -0.2) is 69.5 Å². The van der Waals surface area contributed by atoms with Crippen molar-refractivity contribution in [1.29, 1.82) is 0 Å². The predicted molar refractivity (Wildman–Crippen MR) is 119 cm³/mol. The molecule has 2 unspecified atom stereocenters. The molecular formula is C25H46N2O2. The van der Waals surface area contributed by atoms with Gasteiger partial charge in [0.05, 0.1) is 12.2 Å². The molecule has 4 aliphatic rings. The third kappa shape index (κ3) is 4.29. The molecule has 4 fully saturated rings. The van der Waals surface area contributed by atoms with E-state index in [1.807, 2.05) is 0 Å². The molecule has 2 spiro atoms. The SMILES string of the molecule is CC(C)(C)N1CCC2(CC1)CC(CC(C)(C)N1CCC3(CC1)CC(O)C3)CC2O. The van der Waals surface area contributed by atoms with E-state index in [2.05, 4.69) is 44.4 Å². The first-order valence-corrected chi connectivity index (χ1v) is 12.3. The highest BCUT2D eigenvalue weighted by atomic mass is 16.3. The first-order valence-electron chi connectivity index (χ1n) is 12.3. The summed E-state index contributed by atoms with van der Waals surface area (Å²) in [5.41, 5.74) is 1.10. The first kappa shape index (κ1) is 22.0. The van der Waals surface area contributed by atoms with Crippen LogP contribution >= 0.6 is 0 Å².